The first-order valence-corrected chi connectivity index (χ1v) is 13.3. The molecule has 1 saturated carbocycles. The first-order valence-electron chi connectivity index (χ1n) is 12.8. The second-order valence-electron chi connectivity index (χ2n) is 9.36. The van der Waals surface area contributed by atoms with Gasteiger partial charge in [-0.2, -0.15) is 13.2 Å². The highest BCUT2D eigenvalue weighted by Crippen LogP contribution is 2.39. The Bertz CT molecular complexity index is 1100. The van der Waals surface area contributed by atoms with Crippen LogP contribution in [-0.2, 0) is 21.6 Å². The van der Waals surface area contributed by atoms with E-state index in [4.69, 9.17) is 21.1 Å². The zero-order valence-corrected chi connectivity index (χ0v) is 23.4. The molecule has 38 heavy (non-hydrogen) atoms. The van der Waals surface area contributed by atoms with Gasteiger partial charge in [0, 0.05) is 24.0 Å². The highest BCUT2D eigenvalue weighted by atomic mass is 35.5. The minimum absolute atomic E-state index is 0.00663. The number of halogens is 4. The van der Waals surface area contributed by atoms with E-state index in [1.165, 1.54) is 31.5 Å². The number of nitrogens with zero attached hydrogens (tertiary/aromatic N) is 2. The van der Waals surface area contributed by atoms with E-state index in [0.29, 0.717) is 11.6 Å². The lowest BCUT2D eigenvalue weighted by molar-refractivity contribution is -0.139. The second kappa shape index (κ2) is 13.8. The number of pyridine rings is 1. The molecule has 0 spiro atoms. The summed E-state index contributed by atoms with van der Waals surface area (Å²) in [7, 11) is 1.19. The maximum absolute atomic E-state index is 13.6. The van der Waals surface area contributed by atoms with E-state index in [-0.39, 0.29) is 40.6 Å². The van der Waals surface area contributed by atoms with Crippen molar-refractivity contribution in [2.45, 2.75) is 78.4 Å². The number of alkyl halides is 4. The fraction of sp³-hybridized carbons (Fsp3) is 0.536. The molecule has 1 aromatic heterocycles. The van der Waals surface area contributed by atoms with Gasteiger partial charge in [0.25, 0.3) is 0 Å². The lowest BCUT2D eigenvalue weighted by Crippen LogP contribution is -2.43. The van der Waals surface area contributed by atoms with E-state index in [0.717, 1.165) is 31.7 Å². The summed E-state index contributed by atoms with van der Waals surface area (Å²) in [5.41, 5.74) is -0.582. The molecule has 0 atom stereocenters. The monoisotopic (exact) mass is 556 g/mol. The Morgan fingerprint density at radius 3 is 2.29 bits per heavy atom. The van der Waals surface area contributed by atoms with Crippen molar-refractivity contribution in [3.63, 3.8) is 0 Å². The molecule has 0 saturated heterocycles. The van der Waals surface area contributed by atoms with Crippen molar-refractivity contribution in [3.8, 4) is 11.6 Å². The van der Waals surface area contributed by atoms with Gasteiger partial charge in [-0.3, -0.25) is 4.79 Å². The van der Waals surface area contributed by atoms with Crippen LogP contribution in [-0.4, -0.2) is 30.0 Å². The van der Waals surface area contributed by atoms with Crippen LogP contribution in [0.1, 0.15) is 81.8 Å². The predicted molar refractivity (Wildman–Crippen MR) is 142 cm³/mol. The molecule has 0 N–H and O–H groups in total. The number of ether oxygens (including phenoxy) is 2. The number of carbonyl (C=O) groups excluding carboxylic acids is 2. The molecular weight excluding hydrogens is 521 g/mol. The minimum Gasteiger partial charge on any atom is -0.465 e. The number of hydrogen-bond donors (Lipinski definition) is 0. The normalized spacial score (nSPS) is 17.3. The zero-order chi connectivity index (χ0) is 28.6. The lowest BCUT2D eigenvalue weighted by Gasteiger charge is -2.34. The maximum Gasteiger partial charge on any atom is 0.421 e. The third kappa shape index (κ3) is 7.62. The number of esters is 1. The van der Waals surface area contributed by atoms with Gasteiger partial charge in [0.15, 0.2) is 0 Å². The Morgan fingerprint density at radius 1 is 1.13 bits per heavy atom. The Hall–Kier alpha value is -2.81. The number of amides is 1. The highest BCUT2D eigenvalue weighted by molar-refractivity contribution is 6.17. The largest absolute Gasteiger partial charge is 0.465 e. The third-order valence-electron chi connectivity index (χ3n) is 6.33. The van der Waals surface area contributed by atoms with Gasteiger partial charge in [0.05, 0.1) is 18.4 Å². The quantitative estimate of drug-likeness (QED) is 0.255. The van der Waals surface area contributed by atoms with Crippen LogP contribution in [0.5, 0.6) is 11.6 Å². The number of benzene rings is 1. The summed E-state index contributed by atoms with van der Waals surface area (Å²) in [6, 6.07) is 4.77. The summed E-state index contributed by atoms with van der Waals surface area (Å²) < 4.78 is 51.2. The summed E-state index contributed by atoms with van der Waals surface area (Å²) in [6.45, 7) is 9.84. The lowest BCUT2D eigenvalue weighted by atomic mass is 9.82. The van der Waals surface area contributed by atoms with Crippen molar-refractivity contribution in [2.75, 3.05) is 12.0 Å². The number of aromatic nitrogens is 1. The summed E-state index contributed by atoms with van der Waals surface area (Å²) >= 11 is 5.66. The molecule has 2 aromatic rings. The zero-order valence-electron chi connectivity index (χ0n) is 22.7. The van der Waals surface area contributed by atoms with Crippen LogP contribution in [0, 0.1) is 11.8 Å². The van der Waals surface area contributed by atoms with Gasteiger partial charge in [-0.05, 0) is 75.3 Å². The maximum atomic E-state index is 13.6. The first-order chi connectivity index (χ1) is 18.0. The van der Waals surface area contributed by atoms with E-state index < -0.39 is 23.6 Å². The van der Waals surface area contributed by atoms with Crippen LogP contribution >= 0.6 is 11.6 Å². The van der Waals surface area contributed by atoms with Crippen molar-refractivity contribution in [1.29, 1.82) is 0 Å². The SMILES string of the molecule is CC.COC(=O)c1cc(Oc2ncc(CCl)cc2C(F)(F)F)ccc1N(C(=O)C1CCC(C)CC1)C(C)C. The predicted octanol–water partition coefficient (Wildman–Crippen LogP) is 8.01. The van der Waals surface area contributed by atoms with Gasteiger partial charge in [-0.15, -0.1) is 11.6 Å². The molecule has 0 radical (unpaired) electrons. The van der Waals surface area contributed by atoms with Gasteiger partial charge in [0.2, 0.25) is 11.8 Å². The van der Waals surface area contributed by atoms with Gasteiger partial charge >= 0.3 is 12.1 Å². The molecule has 1 aliphatic carbocycles. The second-order valence-corrected chi connectivity index (χ2v) is 9.63. The Labute approximate surface area is 227 Å². The van der Waals surface area contributed by atoms with Crippen LogP contribution < -0.4 is 9.64 Å². The number of hydrogen-bond acceptors (Lipinski definition) is 5. The molecule has 6 nitrogen and oxygen atoms in total. The number of rotatable bonds is 7. The smallest absolute Gasteiger partial charge is 0.421 e. The Morgan fingerprint density at radius 2 is 1.76 bits per heavy atom. The van der Waals surface area contributed by atoms with Gasteiger partial charge in [-0.1, -0.05) is 20.8 Å². The summed E-state index contributed by atoms with van der Waals surface area (Å²) in [6.07, 6.45) is -0.0956. The molecule has 1 heterocycles. The van der Waals surface area contributed by atoms with Gasteiger partial charge in [0.1, 0.15) is 11.3 Å². The molecule has 0 aliphatic heterocycles. The van der Waals surface area contributed by atoms with Crippen LogP contribution in [0.15, 0.2) is 30.5 Å². The molecule has 1 amide bonds. The first kappa shape index (κ1) is 31.4. The Kier molecular flexibility index (Phi) is 11.4. The summed E-state index contributed by atoms with van der Waals surface area (Å²) in [5, 5.41) is 0. The average molecular weight is 557 g/mol. The molecule has 3 rings (SSSR count). The van der Waals surface area contributed by atoms with Crippen molar-refractivity contribution < 1.29 is 32.2 Å². The topological polar surface area (TPSA) is 68.7 Å². The molecule has 0 bridgehead atoms. The van der Waals surface area contributed by atoms with Crippen molar-refractivity contribution in [2.24, 2.45) is 11.8 Å². The van der Waals surface area contributed by atoms with E-state index in [1.54, 1.807) is 4.90 Å². The third-order valence-corrected chi connectivity index (χ3v) is 6.64. The summed E-state index contributed by atoms with van der Waals surface area (Å²) in [4.78, 5) is 31.5. The number of anilines is 1. The molecule has 1 aliphatic rings. The van der Waals surface area contributed by atoms with Crippen molar-refractivity contribution in [3.05, 3.63) is 47.2 Å². The number of carbonyl (C=O) groups is 2. The molecule has 1 aromatic carbocycles. The van der Waals surface area contributed by atoms with Crippen LogP contribution in [0.3, 0.4) is 0 Å². The van der Waals surface area contributed by atoms with E-state index in [9.17, 15) is 22.8 Å². The van der Waals surface area contributed by atoms with E-state index >= 15 is 0 Å². The minimum atomic E-state index is -4.73. The van der Waals surface area contributed by atoms with Crippen LogP contribution in [0.25, 0.3) is 0 Å². The molecular formula is C28H36ClF3N2O4. The van der Waals surface area contributed by atoms with Gasteiger partial charge < -0.3 is 14.4 Å². The molecule has 0 unspecified atom stereocenters. The van der Waals surface area contributed by atoms with E-state index in [1.807, 2.05) is 27.7 Å². The fourth-order valence-electron chi connectivity index (χ4n) is 4.38. The van der Waals surface area contributed by atoms with Crippen LogP contribution in [0.2, 0.25) is 0 Å². The van der Waals surface area contributed by atoms with E-state index in [2.05, 4.69) is 11.9 Å². The molecule has 10 heteroatoms. The van der Waals surface area contributed by atoms with Crippen LogP contribution in [0.4, 0.5) is 18.9 Å². The summed E-state index contributed by atoms with van der Waals surface area (Å²) in [5.74, 6) is -1.30. The van der Waals surface area contributed by atoms with Crippen molar-refractivity contribution >= 4 is 29.2 Å². The standard InChI is InChI=1S/C26H30ClF3N2O4.C2H6/c1-15(2)32(24(33)18-7-5-16(3)6-8-18)22-10-9-19(12-20(22)25(34)35-4)36-23-21(26(28,29)30)11-17(13-27)14-31-23;1-2/h9-12,14-16,18H,5-8,13H2,1-4H3;1-2H3. The Balaban J connectivity index is 0.00000247. The highest BCUT2D eigenvalue weighted by Gasteiger charge is 2.36. The van der Waals surface area contributed by atoms with Crippen molar-refractivity contribution in [1.82, 2.24) is 4.98 Å². The average Bonchev–Trinajstić information content (AvgIpc) is 2.90. The van der Waals surface area contributed by atoms with Gasteiger partial charge in [-0.25, -0.2) is 9.78 Å². The fourth-order valence-corrected chi connectivity index (χ4v) is 4.53. The molecule has 210 valence electrons. The number of methoxy groups -OCH3 is 1. The molecule has 1 fully saturated rings.